The van der Waals surface area contributed by atoms with E-state index in [-0.39, 0.29) is 30.5 Å². The number of nitrogens with zero attached hydrogens (tertiary/aromatic N) is 4. The molecule has 0 radical (unpaired) electrons. The fourth-order valence-corrected chi connectivity index (χ4v) is 7.57. The molecule has 2 aliphatic rings. The summed E-state index contributed by atoms with van der Waals surface area (Å²) in [5, 5.41) is 18.1. The number of carbonyl (C=O) groups is 1. The largest absolute Gasteiger partial charge is 0.461 e. The molecule has 1 fully saturated rings. The molecule has 0 saturated carbocycles. The quantitative estimate of drug-likeness (QED) is 0.294. The summed E-state index contributed by atoms with van der Waals surface area (Å²) in [6.45, 7) is 9.73. The number of nitrogens with one attached hydrogen (secondary N) is 2. The summed E-state index contributed by atoms with van der Waals surface area (Å²) in [5.41, 5.74) is 0.186. The van der Waals surface area contributed by atoms with Crippen molar-refractivity contribution in [2.24, 2.45) is 0 Å². The van der Waals surface area contributed by atoms with Crippen LogP contribution < -0.4 is 10.9 Å². The van der Waals surface area contributed by atoms with Gasteiger partial charge >= 0.3 is 5.97 Å². The Morgan fingerprint density at radius 3 is 2.76 bits per heavy atom. The maximum atomic E-state index is 13.0. The summed E-state index contributed by atoms with van der Waals surface area (Å²) in [4.78, 5) is 28.7. The predicted octanol–water partition coefficient (Wildman–Crippen LogP) is 4.85. The molecule has 2 aliphatic heterocycles. The molecule has 0 spiro atoms. The van der Waals surface area contributed by atoms with Gasteiger partial charge in [-0.3, -0.25) is 18.6 Å². The molecule has 41 heavy (non-hydrogen) atoms. The third-order valence-corrected chi connectivity index (χ3v) is 9.77. The molecular formula is C28H36N6O6S. The fourth-order valence-electron chi connectivity index (χ4n) is 5.53. The third kappa shape index (κ3) is 5.22. The number of H-pyrrole nitrogens is 1. The van der Waals surface area contributed by atoms with Crippen LogP contribution in [0.3, 0.4) is 0 Å². The van der Waals surface area contributed by atoms with E-state index in [4.69, 9.17) is 14.6 Å². The van der Waals surface area contributed by atoms with Gasteiger partial charge < -0.3 is 19.8 Å². The molecule has 220 valence electrons. The monoisotopic (exact) mass is 584 g/mol. The lowest BCUT2D eigenvalue weighted by Crippen LogP contribution is -2.47. The maximum absolute atomic E-state index is 13.0. The summed E-state index contributed by atoms with van der Waals surface area (Å²) in [6.07, 6.45) is 1.33. The first-order valence-corrected chi connectivity index (χ1v) is 15.0. The van der Waals surface area contributed by atoms with Crippen LogP contribution in [0.5, 0.6) is 0 Å². The van der Waals surface area contributed by atoms with Crippen LogP contribution in [0.2, 0.25) is 0 Å². The van der Waals surface area contributed by atoms with Crippen molar-refractivity contribution in [1.82, 2.24) is 19.1 Å². The summed E-state index contributed by atoms with van der Waals surface area (Å²) in [6, 6.07) is 9.20. The Morgan fingerprint density at radius 1 is 1.37 bits per heavy atom. The SMILES string of the molecule is CC(C)OC(=O)C1CCC(CC#N)(n2nc(Nc3ccc4c(c3)CN(C(C)(C)C)S4(O)O)c3c(=O)[nH]ccc32)CO1. The number of aromatic amines is 1. The molecule has 2 aromatic heterocycles. The zero-order valence-corrected chi connectivity index (χ0v) is 24.6. The van der Waals surface area contributed by atoms with Gasteiger partial charge in [-0.05, 0) is 77.3 Å². The van der Waals surface area contributed by atoms with Gasteiger partial charge in [0.25, 0.3) is 5.56 Å². The number of aromatic nitrogens is 3. The number of benzene rings is 1. The topological polar surface area (TPSA) is 166 Å². The van der Waals surface area contributed by atoms with E-state index in [0.717, 1.165) is 5.56 Å². The molecule has 1 aromatic carbocycles. The van der Waals surface area contributed by atoms with Gasteiger partial charge in [0, 0.05) is 24.0 Å². The molecule has 13 heteroatoms. The average Bonchev–Trinajstić information content (AvgIpc) is 3.39. The molecule has 4 N–H and O–H groups in total. The molecular weight excluding hydrogens is 548 g/mol. The van der Waals surface area contributed by atoms with Gasteiger partial charge in [-0.15, -0.1) is 10.8 Å². The van der Waals surface area contributed by atoms with Gasteiger partial charge in [0.05, 0.1) is 41.2 Å². The Morgan fingerprint density at radius 2 is 2.12 bits per heavy atom. The molecule has 12 nitrogen and oxygen atoms in total. The molecule has 1 saturated heterocycles. The van der Waals surface area contributed by atoms with Crippen molar-refractivity contribution < 1.29 is 23.4 Å². The van der Waals surface area contributed by atoms with E-state index in [9.17, 15) is 24.0 Å². The number of anilines is 2. The number of carbonyl (C=O) groups excluding carboxylic acids is 1. The highest BCUT2D eigenvalue weighted by Crippen LogP contribution is 2.61. The lowest BCUT2D eigenvalue weighted by molar-refractivity contribution is -0.169. The van der Waals surface area contributed by atoms with E-state index in [2.05, 4.69) is 16.4 Å². The minimum atomic E-state index is -3.12. The molecule has 0 bridgehead atoms. The van der Waals surface area contributed by atoms with Gasteiger partial charge in [0.15, 0.2) is 11.9 Å². The molecule has 3 aromatic rings. The van der Waals surface area contributed by atoms with E-state index >= 15 is 0 Å². The van der Waals surface area contributed by atoms with Crippen molar-refractivity contribution in [2.75, 3.05) is 11.9 Å². The Hall–Kier alpha value is -3.41. The molecule has 0 amide bonds. The average molecular weight is 585 g/mol. The zero-order chi connectivity index (χ0) is 29.7. The van der Waals surface area contributed by atoms with Crippen LogP contribution in [0.25, 0.3) is 10.9 Å². The minimum Gasteiger partial charge on any atom is -0.461 e. The second kappa shape index (κ2) is 10.5. The van der Waals surface area contributed by atoms with E-state index in [1.165, 1.54) is 6.20 Å². The highest BCUT2D eigenvalue weighted by atomic mass is 32.3. The van der Waals surface area contributed by atoms with Gasteiger partial charge in [0.1, 0.15) is 5.39 Å². The van der Waals surface area contributed by atoms with Crippen molar-refractivity contribution in [1.29, 1.82) is 5.26 Å². The van der Waals surface area contributed by atoms with Crippen LogP contribution in [-0.2, 0) is 26.4 Å². The summed E-state index contributed by atoms with van der Waals surface area (Å²) in [5.74, 6) is -0.148. The second-order valence-electron chi connectivity index (χ2n) is 11.9. The first-order valence-electron chi connectivity index (χ1n) is 13.5. The second-order valence-corrected chi connectivity index (χ2v) is 13.8. The molecule has 4 heterocycles. The standard InChI is InChI=1S/C28H36N6O6S/c1-17(2)40-26(36)21-8-10-28(11-12-29,16-39-21)34-20-9-13-30-25(35)23(20)24(32-34)31-19-6-7-22-18(14-19)15-33(27(3,4)5)41(22,37)38/h6-7,9,13-14,17,21,37-38H,8,10-11,15-16H2,1-5H3,(H,30,35)(H,31,32). The summed E-state index contributed by atoms with van der Waals surface area (Å²) in [7, 11) is -3.12. The summed E-state index contributed by atoms with van der Waals surface area (Å²) < 4.78 is 36.5. The molecule has 2 atom stereocenters. The third-order valence-electron chi connectivity index (χ3n) is 7.49. The summed E-state index contributed by atoms with van der Waals surface area (Å²) >= 11 is 0. The van der Waals surface area contributed by atoms with Crippen LogP contribution in [0.4, 0.5) is 11.5 Å². The van der Waals surface area contributed by atoms with Gasteiger partial charge in [0.2, 0.25) is 0 Å². The Bertz CT molecular complexity index is 1580. The smallest absolute Gasteiger partial charge is 0.335 e. The Balaban J connectivity index is 1.50. The number of hydrogen-bond donors (Lipinski definition) is 4. The molecule has 5 rings (SSSR count). The maximum Gasteiger partial charge on any atom is 0.335 e. The van der Waals surface area contributed by atoms with Crippen LogP contribution in [-0.4, -0.2) is 58.5 Å². The predicted molar refractivity (Wildman–Crippen MR) is 155 cm³/mol. The van der Waals surface area contributed by atoms with Gasteiger partial charge in [-0.2, -0.15) is 14.7 Å². The fraction of sp³-hybridized carbons (Fsp3) is 0.500. The van der Waals surface area contributed by atoms with E-state index in [0.29, 0.717) is 40.9 Å². The van der Waals surface area contributed by atoms with Crippen LogP contribution in [0.15, 0.2) is 40.2 Å². The highest BCUT2D eigenvalue weighted by molar-refractivity contribution is 8.22. The van der Waals surface area contributed by atoms with E-state index in [1.807, 2.05) is 26.8 Å². The number of pyridine rings is 1. The normalized spacial score (nSPS) is 23.2. The van der Waals surface area contributed by atoms with E-state index in [1.54, 1.807) is 41.0 Å². The number of nitriles is 1. The Labute approximate surface area is 239 Å². The first-order chi connectivity index (χ1) is 19.3. The number of rotatable bonds is 6. The lowest BCUT2D eigenvalue weighted by atomic mass is 9.87. The number of esters is 1. The van der Waals surface area contributed by atoms with Crippen molar-refractivity contribution in [2.45, 2.75) is 88.6 Å². The molecule has 0 aliphatic carbocycles. The van der Waals surface area contributed by atoms with Crippen molar-refractivity contribution >= 4 is 39.2 Å². The van der Waals surface area contributed by atoms with Gasteiger partial charge in [-0.1, -0.05) is 0 Å². The van der Waals surface area contributed by atoms with Crippen LogP contribution in [0, 0.1) is 11.3 Å². The van der Waals surface area contributed by atoms with Crippen molar-refractivity contribution in [3.63, 3.8) is 0 Å². The van der Waals surface area contributed by atoms with Gasteiger partial charge in [-0.25, -0.2) is 4.79 Å². The highest BCUT2D eigenvalue weighted by Gasteiger charge is 2.43. The Kier molecular flexibility index (Phi) is 7.42. The van der Waals surface area contributed by atoms with E-state index < -0.39 is 33.9 Å². The lowest BCUT2D eigenvalue weighted by Gasteiger charge is -2.44. The first kappa shape index (κ1) is 29.1. The van der Waals surface area contributed by atoms with Crippen LogP contribution >= 0.6 is 10.8 Å². The minimum absolute atomic E-state index is 0.0424. The van der Waals surface area contributed by atoms with Crippen LogP contribution in [0.1, 0.15) is 59.4 Å². The zero-order valence-electron chi connectivity index (χ0n) is 23.8. The number of hydrogen-bond acceptors (Lipinski definition) is 10. The number of ether oxygens (including phenoxy) is 2. The molecule has 2 unspecified atom stereocenters. The van der Waals surface area contributed by atoms with Crippen molar-refractivity contribution in [3.8, 4) is 6.07 Å². The number of fused-ring (bicyclic) bond motifs is 2. The van der Waals surface area contributed by atoms with Crippen molar-refractivity contribution in [3.05, 3.63) is 46.4 Å².